The second kappa shape index (κ2) is 5.99. The van der Waals surface area contributed by atoms with Crippen LogP contribution >= 0.6 is 0 Å². The molecule has 76 valence electrons. The summed E-state index contributed by atoms with van der Waals surface area (Å²) in [6.07, 6.45) is 2.26. The van der Waals surface area contributed by atoms with Crippen molar-refractivity contribution in [2.24, 2.45) is 11.8 Å². The van der Waals surface area contributed by atoms with E-state index in [-0.39, 0.29) is 5.92 Å². The SMILES string of the molecule is CCCC(C(C#N)C(C)C)N(C)C. The first-order chi connectivity index (χ1) is 6.04. The number of nitrogens with zero attached hydrogens (tertiary/aromatic N) is 2. The van der Waals surface area contributed by atoms with Gasteiger partial charge in [0.1, 0.15) is 0 Å². The van der Waals surface area contributed by atoms with Gasteiger partial charge in [-0.3, -0.25) is 0 Å². The molecule has 2 nitrogen and oxygen atoms in total. The first-order valence-corrected chi connectivity index (χ1v) is 5.10. The Balaban J connectivity index is 4.41. The fourth-order valence-corrected chi connectivity index (χ4v) is 1.73. The fourth-order valence-electron chi connectivity index (χ4n) is 1.73. The Labute approximate surface area is 82.5 Å². The van der Waals surface area contributed by atoms with Crippen LogP contribution < -0.4 is 0 Å². The van der Waals surface area contributed by atoms with E-state index in [4.69, 9.17) is 5.26 Å². The van der Waals surface area contributed by atoms with Crippen molar-refractivity contribution in [2.75, 3.05) is 14.1 Å². The molecule has 13 heavy (non-hydrogen) atoms. The van der Waals surface area contributed by atoms with E-state index in [2.05, 4.69) is 45.8 Å². The van der Waals surface area contributed by atoms with Crippen LogP contribution in [-0.2, 0) is 0 Å². The first-order valence-electron chi connectivity index (χ1n) is 5.10. The van der Waals surface area contributed by atoms with Crippen LogP contribution in [0.25, 0.3) is 0 Å². The Morgan fingerprint density at radius 3 is 2.08 bits per heavy atom. The summed E-state index contributed by atoms with van der Waals surface area (Å²) in [7, 11) is 4.13. The van der Waals surface area contributed by atoms with Gasteiger partial charge in [0.05, 0.1) is 12.0 Å². The van der Waals surface area contributed by atoms with E-state index in [1.807, 2.05) is 0 Å². The molecule has 0 aliphatic heterocycles. The maximum absolute atomic E-state index is 9.07. The average molecular weight is 182 g/mol. The van der Waals surface area contributed by atoms with Crippen molar-refractivity contribution in [3.63, 3.8) is 0 Å². The fraction of sp³-hybridized carbons (Fsp3) is 0.909. The van der Waals surface area contributed by atoms with Crippen LogP contribution in [0.2, 0.25) is 0 Å². The second-order valence-electron chi connectivity index (χ2n) is 4.22. The summed E-state index contributed by atoms with van der Waals surface area (Å²) in [6, 6.07) is 2.84. The highest BCUT2D eigenvalue weighted by molar-refractivity contribution is 4.93. The van der Waals surface area contributed by atoms with Crippen LogP contribution in [-0.4, -0.2) is 25.0 Å². The molecule has 0 radical (unpaired) electrons. The normalized spacial score (nSPS) is 15.8. The molecule has 0 rings (SSSR count). The van der Waals surface area contributed by atoms with Crippen LogP contribution in [0.3, 0.4) is 0 Å². The first kappa shape index (κ1) is 12.4. The molecule has 0 aromatic rings. The molecule has 0 aliphatic rings. The van der Waals surface area contributed by atoms with Gasteiger partial charge >= 0.3 is 0 Å². The molecule has 0 aliphatic carbocycles. The number of nitriles is 1. The lowest BCUT2D eigenvalue weighted by atomic mass is 9.87. The monoisotopic (exact) mass is 182 g/mol. The van der Waals surface area contributed by atoms with E-state index < -0.39 is 0 Å². The van der Waals surface area contributed by atoms with Gasteiger partial charge in [-0.1, -0.05) is 27.2 Å². The lowest BCUT2D eigenvalue weighted by molar-refractivity contribution is 0.195. The summed E-state index contributed by atoms with van der Waals surface area (Å²) < 4.78 is 0. The number of hydrogen-bond donors (Lipinski definition) is 0. The summed E-state index contributed by atoms with van der Waals surface area (Å²) in [4.78, 5) is 2.18. The lowest BCUT2D eigenvalue weighted by Gasteiger charge is -2.30. The zero-order valence-corrected chi connectivity index (χ0v) is 9.54. The number of hydrogen-bond acceptors (Lipinski definition) is 2. The molecule has 0 spiro atoms. The topological polar surface area (TPSA) is 27.0 Å². The van der Waals surface area contributed by atoms with Gasteiger partial charge in [-0.25, -0.2) is 0 Å². The summed E-state index contributed by atoms with van der Waals surface area (Å²) in [5.74, 6) is 0.610. The van der Waals surface area contributed by atoms with E-state index in [9.17, 15) is 0 Å². The maximum atomic E-state index is 9.07. The Morgan fingerprint density at radius 2 is 1.85 bits per heavy atom. The molecule has 2 atom stereocenters. The van der Waals surface area contributed by atoms with E-state index in [1.54, 1.807) is 0 Å². The predicted octanol–water partition coefficient (Wildman–Crippen LogP) is 2.51. The highest BCUT2D eigenvalue weighted by Gasteiger charge is 2.24. The van der Waals surface area contributed by atoms with Gasteiger partial charge < -0.3 is 4.90 Å². The Kier molecular flexibility index (Phi) is 5.73. The van der Waals surface area contributed by atoms with Crippen molar-refractivity contribution < 1.29 is 0 Å². The molecule has 0 bridgehead atoms. The van der Waals surface area contributed by atoms with Gasteiger partial charge in [-0.15, -0.1) is 0 Å². The van der Waals surface area contributed by atoms with Crippen molar-refractivity contribution in [1.82, 2.24) is 4.90 Å². The molecule has 2 heteroatoms. The summed E-state index contributed by atoms with van der Waals surface area (Å²) >= 11 is 0. The molecule has 0 aromatic carbocycles. The Morgan fingerprint density at radius 1 is 1.31 bits per heavy atom. The Bertz CT molecular complexity index is 167. The molecule has 0 saturated carbocycles. The molecular weight excluding hydrogens is 160 g/mol. The van der Waals surface area contributed by atoms with Crippen LogP contribution in [0.4, 0.5) is 0 Å². The van der Waals surface area contributed by atoms with Crippen LogP contribution in [0, 0.1) is 23.2 Å². The quantitative estimate of drug-likeness (QED) is 0.653. The van der Waals surface area contributed by atoms with E-state index in [0.29, 0.717) is 12.0 Å². The summed E-state index contributed by atoms with van der Waals surface area (Å²) in [5, 5.41) is 9.07. The highest BCUT2D eigenvalue weighted by atomic mass is 15.1. The standard InChI is InChI=1S/C11H22N2/c1-6-7-11(13(4)5)10(8-12)9(2)3/h9-11H,6-7H2,1-5H3. The van der Waals surface area contributed by atoms with Crippen LogP contribution in [0.1, 0.15) is 33.6 Å². The third-order valence-corrected chi connectivity index (χ3v) is 2.53. The average Bonchev–Trinajstić information content (AvgIpc) is 2.03. The van der Waals surface area contributed by atoms with Crippen LogP contribution in [0.15, 0.2) is 0 Å². The summed E-state index contributed by atoms with van der Waals surface area (Å²) in [5.41, 5.74) is 0. The minimum atomic E-state index is 0.162. The summed E-state index contributed by atoms with van der Waals surface area (Å²) in [6.45, 7) is 6.42. The van der Waals surface area contributed by atoms with E-state index >= 15 is 0 Å². The van der Waals surface area contributed by atoms with E-state index in [0.717, 1.165) is 12.8 Å². The Hall–Kier alpha value is -0.550. The van der Waals surface area contributed by atoms with Gasteiger partial charge in [0.15, 0.2) is 0 Å². The van der Waals surface area contributed by atoms with Gasteiger partial charge in [0.25, 0.3) is 0 Å². The zero-order valence-electron chi connectivity index (χ0n) is 9.54. The molecular formula is C11H22N2. The maximum Gasteiger partial charge on any atom is 0.0675 e. The predicted molar refractivity (Wildman–Crippen MR) is 56.3 cm³/mol. The molecule has 0 N–H and O–H groups in total. The molecule has 0 aromatic heterocycles. The minimum Gasteiger partial charge on any atom is -0.305 e. The smallest absolute Gasteiger partial charge is 0.0675 e. The van der Waals surface area contributed by atoms with Crippen molar-refractivity contribution in [3.8, 4) is 6.07 Å². The molecule has 2 unspecified atom stereocenters. The molecule has 0 fully saturated rings. The third-order valence-electron chi connectivity index (χ3n) is 2.53. The lowest BCUT2D eigenvalue weighted by Crippen LogP contribution is -2.37. The van der Waals surface area contributed by atoms with Crippen molar-refractivity contribution in [2.45, 2.75) is 39.7 Å². The molecule has 0 amide bonds. The molecule has 0 saturated heterocycles. The van der Waals surface area contributed by atoms with Crippen molar-refractivity contribution in [3.05, 3.63) is 0 Å². The van der Waals surface area contributed by atoms with Gasteiger partial charge in [-0.2, -0.15) is 5.26 Å². The zero-order chi connectivity index (χ0) is 10.4. The van der Waals surface area contributed by atoms with Gasteiger partial charge in [0.2, 0.25) is 0 Å². The highest BCUT2D eigenvalue weighted by Crippen LogP contribution is 2.21. The van der Waals surface area contributed by atoms with Crippen molar-refractivity contribution >= 4 is 0 Å². The molecule has 0 heterocycles. The largest absolute Gasteiger partial charge is 0.305 e. The number of rotatable bonds is 5. The van der Waals surface area contributed by atoms with Crippen molar-refractivity contribution in [1.29, 1.82) is 5.26 Å². The van der Waals surface area contributed by atoms with Crippen LogP contribution in [0.5, 0.6) is 0 Å². The second-order valence-corrected chi connectivity index (χ2v) is 4.22. The minimum absolute atomic E-state index is 0.162. The van der Waals surface area contributed by atoms with Gasteiger partial charge in [-0.05, 0) is 26.4 Å². The van der Waals surface area contributed by atoms with Gasteiger partial charge in [0, 0.05) is 6.04 Å². The third kappa shape index (κ3) is 3.78. The van der Waals surface area contributed by atoms with E-state index in [1.165, 1.54) is 0 Å².